The van der Waals surface area contributed by atoms with E-state index in [0.29, 0.717) is 11.5 Å². The van der Waals surface area contributed by atoms with Gasteiger partial charge in [0.25, 0.3) is 5.91 Å². The Hall–Kier alpha value is -3.90. The number of aliphatic imine (C=N–C) groups is 1. The van der Waals surface area contributed by atoms with Crippen LogP contribution in [0.15, 0.2) is 89.6 Å². The van der Waals surface area contributed by atoms with Gasteiger partial charge in [0, 0.05) is 24.3 Å². The Bertz CT molecular complexity index is 1180. The number of amidine groups is 1. The summed E-state index contributed by atoms with van der Waals surface area (Å²) in [4.78, 5) is 22.2. The van der Waals surface area contributed by atoms with Crippen LogP contribution >= 0.6 is 0 Å². The fourth-order valence-electron chi connectivity index (χ4n) is 4.03. The van der Waals surface area contributed by atoms with Crippen molar-refractivity contribution in [2.75, 3.05) is 43.2 Å². The van der Waals surface area contributed by atoms with Gasteiger partial charge in [-0.2, -0.15) is 0 Å². The summed E-state index contributed by atoms with van der Waals surface area (Å²) < 4.78 is 10.7. The number of amides is 1. The Balaban J connectivity index is 1.51. The topological polar surface area (TPSA) is 54.4 Å². The van der Waals surface area contributed by atoms with Crippen molar-refractivity contribution in [3.63, 3.8) is 0 Å². The molecule has 0 N–H and O–H groups in total. The number of methoxy groups -OCH3 is 1. The van der Waals surface area contributed by atoms with Crippen molar-refractivity contribution < 1.29 is 14.3 Å². The van der Waals surface area contributed by atoms with Crippen molar-refractivity contribution in [3.05, 3.63) is 95.7 Å². The molecular weight excluding hydrogens is 414 g/mol. The molecule has 3 aromatic carbocycles. The third-order valence-electron chi connectivity index (χ3n) is 5.80. The largest absolute Gasteiger partial charge is 0.497 e. The van der Waals surface area contributed by atoms with E-state index in [1.54, 1.807) is 12.0 Å². The van der Waals surface area contributed by atoms with E-state index in [9.17, 15) is 4.79 Å². The van der Waals surface area contributed by atoms with Gasteiger partial charge in [0.05, 0.1) is 26.0 Å². The van der Waals surface area contributed by atoms with Crippen LogP contribution in [0, 0.1) is 0 Å². The molecule has 1 amide bonds. The van der Waals surface area contributed by atoms with Crippen molar-refractivity contribution in [3.8, 4) is 5.75 Å². The van der Waals surface area contributed by atoms with Crippen LogP contribution in [0.3, 0.4) is 0 Å². The first kappa shape index (κ1) is 21.0. The fourth-order valence-corrected chi connectivity index (χ4v) is 4.03. The molecule has 0 aromatic heterocycles. The summed E-state index contributed by atoms with van der Waals surface area (Å²) in [6.07, 6.45) is 1.83. The summed E-state index contributed by atoms with van der Waals surface area (Å²) in [6.45, 7) is 3.19. The highest BCUT2D eigenvalue weighted by atomic mass is 16.5. The zero-order valence-corrected chi connectivity index (χ0v) is 18.5. The Morgan fingerprint density at radius 2 is 1.55 bits per heavy atom. The Morgan fingerprint density at radius 3 is 2.21 bits per heavy atom. The monoisotopic (exact) mass is 439 g/mol. The van der Waals surface area contributed by atoms with Crippen LogP contribution in [-0.2, 0) is 9.53 Å². The number of hydrogen-bond donors (Lipinski definition) is 0. The first-order valence-electron chi connectivity index (χ1n) is 11.0. The van der Waals surface area contributed by atoms with Crippen LogP contribution in [0.2, 0.25) is 0 Å². The van der Waals surface area contributed by atoms with E-state index in [1.165, 1.54) is 0 Å². The zero-order valence-electron chi connectivity index (χ0n) is 18.5. The second kappa shape index (κ2) is 9.30. The number of anilines is 2. The van der Waals surface area contributed by atoms with Gasteiger partial charge in [-0.1, -0.05) is 30.3 Å². The lowest BCUT2D eigenvalue weighted by molar-refractivity contribution is -0.113. The summed E-state index contributed by atoms with van der Waals surface area (Å²) >= 11 is 0. The molecule has 0 atom stereocenters. The van der Waals surface area contributed by atoms with Crippen molar-refractivity contribution in [1.82, 2.24) is 0 Å². The Morgan fingerprint density at radius 1 is 0.879 bits per heavy atom. The van der Waals surface area contributed by atoms with E-state index in [0.717, 1.165) is 54.6 Å². The number of carbonyl (C=O) groups is 1. The van der Waals surface area contributed by atoms with Gasteiger partial charge in [-0.25, -0.2) is 4.99 Å². The second-order valence-corrected chi connectivity index (χ2v) is 7.86. The van der Waals surface area contributed by atoms with Gasteiger partial charge in [0.15, 0.2) is 0 Å². The molecule has 1 saturated heterocycles. The molecule has 6 heteroatoms. The highest BCUT2D eigenvalue weighted by Crippen LogP contribution is 2.30. The van der Waals surface area contributed by atoms with Crippen molar-refractivity contribution in [2.45, 2.75) is 0 Å². The molecule has 0 saturated carbocycles. The van der Waals surface area contributed by atoms with E-state index in [2.05, 4.69) is 17.0 Å². The molecule has 2 aliphatic heterocycles. The maximum atomic E-state index is 13.5. The fraction of sp³-hybridized carbons (Fsp3) is 0.185. The summed E-state index contributed by atoms with van der Waals surface area (Å²) in [5.41, 5.74) is 4.09. The molecule has 0 radical (unpaired) electrons. The average molecular weight is 440 g/mol. The van der Waals surface area contributed by atoms with Crippen molar-refractivity contribution in [2.24, 2.45) is 4.99 Å². The molecule has 5 rings (SSSR count). The van der Waals surface area contributed by atoms with Gasteiger partial charge < -0.3 is 14.4 Å². The van der Waals surface area contributed by atoms with Gasteiger partial charge in [0.1, 0.15) is 17.3 Å². The first-order valence-corrected chi connectivity index (χ1v) is 11.0. The molecule has 2 heterocycles. The molecule has 3 aromatic rings. The number of rotatable bonds is 5. The van der Waals surface area contributed by atoms with Gasteiger partial charge in [0.2, 0.25) is 0 Å². The predicted molar refractivity (Wildman–Crippen MR) is 131 cm³/mol. The van der Waals surface area contributed by atoms with Crippen LogP contribution in [0.25, 0.3) is 6.08 Å². The van der Waals surface area contributed by atoms with E-state index in [1.807, 2.05) is 72.8 Å². The van der Waals surface area contributed by atoms with E-state index in [-0.39, 0.29) is 5.91 Å². The number of nitrogens with zero attached hydrogens (tertiary/aromatic N) is 3. The summed E-state index contributed by atoms with van der Waals surface area (Å²) in [5.74, 6) is 1.21. The highest BCUT2D eigenvalue weighted by Gasteiger charge is 2.32. The standard InChI is InChI=1S/C27H25N3O3/c1-32-24-13-7-21(8-14-24)26-28-25(19-20-5-3-2-4-6-20)27(31)30(26)23-11-9-22(10-12-23)29-15-17-33-18-16-29/h2-14,19H,15-18H2,1H3/b25-19-. The van der Waals surface area contributed by atoms with E-state index in [4.69, 9.17) is 14.5 Å². The van der Waals surface area contributed by atoms with Crippen molar-refractivity contribution in [1.29, 1.82) is 0 Å². The molecule has 0 unspecified atom stereocenters. The molecule has 2 aliphatic rings. The predicted octanol–water partition coefficient (Wildman–Crippen LogP) is 4.37. The highest BCUT2D eigenvalue weighted by molar-refractivity contribution is 6.33. The summed E-state index contributed by atoms with van der Waals surface area (Å²) in [6, 6.07) is 25.4. The number of hydrogen-bond acceptors (Lipinski definition) is 5. The van der Waals surface area contributed by atoms with E-state index < -0.39 is 0 Å². The third-order valence-corrected chi connectivity index (χ3v) is 5.80. The summed E-state index contributed by atoms with van der Waals surface area (Å²) in [5, 5.41) is 0. The lowest BCUT2D eigenvalue weighted by atomic mass is 10.1. The number of benzene rings is 3. The maximum absolute atomic E-state index is 13.5. The van der Waals surface area contributed by atoms with Gasteiger partial charge in [-0.05, 0) is 60.2 Å². The Labute approximate surface area is 193 Å². The smallest absolute Gasteiger partial charge is 0.282 e. The molecule has 1 fully saturated rings. The minimum Gasteiger partial charge on any atom is -0.497 e. The Kier molecular flexibility index (Phi) is 5.91. The van der Waals surface area contributed by atoms with Crippen LogP contribution in [-0.4, -0.2) is 45.2 Å². The molecule has 166 valence electrons. The number of ether oxygens (including phenoxy) is 2. The average Bonchev–Trinajstić information content (AvgIpc) is 3.21. The van der Waals surface area contributed by atoms with Crippen LogP contribution in [0.4, 0.5) is 11.4 Å². The van der Waals surface area contributed by atoms with Crippen LogP contribution < -0.4 is 14.5 Å². The van der Waals surface area contributed by atoms with E-state index >= 15 is 0 Å². The third kappa shape index (κ3) is 4.38. The minimum atomic E-state index is -0.149. The zero-order chi connectivity index (χ0) is 22.6. The lowest BCUT2D eigenvalue weighted by Gasteiger charge is -2.29. The summed E-state index contributed by atoms with van der Waals surface area (Å²) in [7, 11) is 1.63. The first-order chi connectivity index (χ1) is 16.2. The van der Waals surface area contributed by atoms with Gasteiger partial charge in [-0.15, -0.1) is 0 Å². The molecule has 6 nitrogen and oxygen atoms in total. The lowest BCUT2D eigenvalue weighted by Crippen LogP contribution is -2.36. The van der Waals surface area contributed by atoms with Crippen molar-refractivity contribution >= 4 is 29.2 Å². The molecule has 33 heavy (non-hydrogen) atoms. The molecule has 0 spiro atoms. The molecule has 0 bridgehead atoms. The molecular formula is C27H25N3O3. The maximum Gasteiger partial charge on any atom is 0.282 e. The van der Waals surface area contributed by atoms with Gasteiger partial charge in [-0.3, -0.25) is 9.69 Å². The molecule has 0 aliphatic carbocycles. The normalized spacial score (nSPS) is 17.4. The quantitative estimate of drug-likeness (QED) is 0.554. The minimum absolute atomic E-state index is 0.149. The second-order valence-electron chi connectivity index (χ2n) is 7.86. The SMILES string of the molecule is COc1ccc(C2=N/C(=C\c3ccccc3)C(=O)N2c2ccc(N3CCOCC3)cc2)cc1. The van der Waals surface area contributed by atoms with Crippen LogP contribution in [0.5, 0.6) is 5.75 Å². The number of carbonyl (C=O) groups excluding carboxylic acids is 1. The van der Waals surface area contributed by atoms with Crippen LogP contribution in [0.1, 0.15) is 11.1 Å². The number of morpholine rings is 1. The van der Waals surface area contributed by atoms with Gasteiger partial charge >= 0.3 is 0 Å².